The third-order valence-corrected chi connectivity index (χ3v) is 6.56. The lowest BCUT2D eigenvalue weighted by atomic mass is 9.97. The Balaban J connectivity index is 0.00000126. The minimum Gasteiger partial charge on any atom is -0.356 e. The lowest BCUT2D eigenvalue weighted by molar-refractivity contribution is 0.0604. The number of nitrogens with zero attached hydrogens (tertiary/aromatic N) is 6. The van der Waals surface area contributed by atoms with Crippen LogP contribution < -0.4 is 4.90 Å². The molecule has 0 bridgehead atoms. The van der Waals surface area contributed by atoms with E-state index in [1.54, 1.807) is 6.07 Å². The minimum atomic E-state index is -0.385. The number of carbonyl (C=O) groups excluding carboxylic acids is 1. The highest BCUT2D eigenvalue weighted by Crippen LogP contribution is 2.33. The zero-order valence-electron chi connectivity index (χ0n) is 19.2. The van der Waals surface area contributed by atoms with Crippen LogP contribution in [0.2, 0.25) is 0 Å². The number of aryl methyl sites for hydroxylation is 2. The van der Waals surface area contributed by atoms with E-state index in [2.05, 4.69) is 18.4 Å². The second-order valence-electron chi connectivity index (χ2n) is 8.78. The molecule has 1 amide bonds. The van der Waals surface area contributed by atoms with E-state index in [1.807, 2.05) is 28.6 Å². The van der Waals surface area contributed by atoms with Gasteiger partial charge in [-0.25, -0.2) is 19.2 Å². The molecular formula is C25H29FN6O. The summed E-state index contributed by atoms with van der Waals surface area (Å²) in [5, 5.41) is 11.3. The van der Waals surface area contributed by atoms with E-state index in [0.29, 0.717) is 12.1 Å². The Labute approximate surface area is 193 Å². The average molecular weight is 449 g/mol. The highest BCUT2D eigenvalue weighted by Gasteiger charge is 2.31. The Kier molecular flexibility index (Phi) is 6.59. The number of aromatic nitrogens is 3. The van der Waals surface area contributed by atoms with Gasteiger partial charge in [-0.05, 0) is 63.6 Å². The molecule has 2 aliphatic rings. The van der Waals surface area contributed by atoms with Crippen LogP contribution in [0.4, 0.5) is 10.2 Å². The number of rotatable bonds is 3. The van der Waals surface area contributed by atoms with Gasteiger partial charge in [0.15, 0.2) is 5.65 Å². The van der Waals surface area contributed by atoms with Crippen LogP contribution in [0, 0.1) is 31.5 Å². The van der Waals surface area contributed by atoms with Crippen molar-refractivity contribution < 1.29 is 9.18 Å². The van der Waals surface area contributed by atoms with Crippen molar-refractivity contribution in [2.75, 3.05) is 24.5 Å². The maximum atomic E-state index is 13.8. The first kappa shape index (κ1) is 22.7. The van der Waals surface area contributed by atoms with Gasteiger partial charge in [-0.1, -0.05) is 6.07 Å². The highest BCUT2D eigenvalue weighted by molar-refractivity contribution is 5.96. The molecule has 1 aromatic carbocycles. The van der Waals surface area contributed by atoms with Crippen molar-refractivity contribution in [3.63, 3.8) is 0 Å². The number of anilines is 1. The first-order chi connectivity index (χ1) is 16.0. The summed E-state index contributed by atoms with van der Waals surface area (Å²) in [4.78, 5) is 22.5. The highest BCUT2D eigenvalue weighted by atomic mass is 19.1. The number of fused-ring (bicyclic) bond motifs is 1. The number of halogens is 1. The van der Waals surface area contributed by atoms with Crippen molar-refractivity contribution in [1.29, 1.82) is 5.26 Å². The van der Waals surface area contributed by atoms with Crippen LogP contribution in [-0.4, -0.2) is 45.0 Å². The predicted molar refractivity (Wildman–Crippen MR) is 125 cm³/mol. The molecule has 4 heterocycles. The molecule has 0 N–H and O–H groups in total. The van der Waals surface area contributed by atoms with Gasteiger partial charge in [-0.3, -0.25) is 4.79 Å². The van der Waals surface area contributed by atoms with E-state index in [9.17, 15) is 9.18 Å². The van der Waals surface area contributed by atoms with E-state index in [0.717, 1.165) is 60.6 Å². The van der Waals surface area contributed by atoms with Gasteiger partial charge in [0.05, 0.1) is 11.7 Å². The van der Waals surface area contributed by atoms with Crippen LogP contribution in [0.5, 0.6) is 0 Å². The summed E-state index contributed by atoms with van der Waals surface area (Å²) >= 11 is 0. The van der Waals surface area contributed by atoms with Crippen LogP contribution >= 0.6 is 0 Å². The molecule has 0 saturated carbocycles. The third kappa shape index (κ3) is 4.40. The molecule has 5 rings (SSSR count). The summed E-state index contributed by atoms with van der Waals surface area (Å²) in [7, 11) is 0. The van der Waals surface area contributed by atoms with Crippen molar-refractivity contribution >= 4 is 17.4 Å². The Hall–Kier alpha value is -3.47. The topological polar surface area (TPSA) is 77.5 Å². The zero-order chi connectivity index (χ0) is 23.5. The van der Waals surface area contributed by atoms with Gasteiger partial charge in [-0.2, -0.15) is 5.10 Å². The first-order valence-corrected chi connectivity index (χ1v) is 11.5. The van der Waals surface area contributed by atoms with Crippen LogP contribution in [0.25, 0.3) is 5.65 Å². The van der Waals surface area contributed by atoms with E-state index in [1.165, 1.54) is 25.0 Å². The summed E-state index contributed by atoms with van der Waals surface area (Å²) in [6.07, 6.45) is 7.27. The SMILES string of the molecule is C#N.Cc1ccc(F)cc1C(=O)N1CCCCC1c1cc2nc(N3CCCC3)c(C)cn2n1. The molecular weight excluding hydrogens is 419 g/mol. The van der Waals surface area contributed by atoms with Crippen LogP contribution in [0.15, 0.2) is 30.5 Å². The maximum absolute atomic E-state index is 13.8. The van der Waals surface area contributed by atoms with Gasteiger partial charge >= 0.3 is 0 Å². The molecule has 0 spiro atoms. The quantitative estimate of drug-likeness (QED) is 0.586. The number of carbonyl (C=O) groups is 1. The van der Waals surface area contributed by atoms with Crippen molar-refractivity contribution in [3.05, 3.63) is 58.7 Å². The number of hydrogen-bond donors (Lipinski definition) is 0. The fourth-order valence-electron chi connectivity index (χ4n) is 4.89. The summed E-state index contributed by atoms with van der Waals surface area (Å²) in [6.45, 7) is 10.2. The number of nitriles is 1. The Morgan fingerprint density at radius 2 is 1.79 bits per heavy atom. The number of benzene rings is 1. The molecule has 1 unspecified atom stereocenters. The molecule has 2 aliphatic heterocycles. The number of piperidine rings is 1. The molecule has 8 heteroatoms. The first-order valence-electron chi connectivity index (χ1n) is 11.5. The van der Waals surface area contributed by atoms with E-state index < -0.39 is 0 Å². The second kappa shape index (κ2) is 9.57. The molecule has 1 atom stereocenters. The monoisotopic (exact) mass is 448 g/mol. The zero-order valence-corrected chi connectivity index (χ0v) is 19.2. The minimum absolute atomic E-state index is 0.124. The fraction of sp³-hybridized carbons (Fsp3) is 0.440. The standard InChI is InChI=1S/C24H28FN5O.CHN/c1-16-8-9-18(25)13-19(16)24(31)29-12-4-3-7-21(29)20-14-22-26-23(28-10-5-6-11-28)17(2)15-30(22)27-20;1-2/h8-9,13-15,21H,3-7,10-12H2,1-2H3;1H. The molecule has 172 valence electrons. The third-order valence-electron chi connectivity index (χ3n) is 6.56. The van der Waals surface area contributed by atoms with Gasteiger partial charge in [0.2, 0.25) is 0 Å². The molecule has 3 aromatic rings. The summed E-state index contributed by atoms with van der Waals surface area (Å²) in [5.74, 6) is 0.522. The smallest absolute Gasteiger partial charge is 0.254 e. The largest absolute Gasteiger partial charge is 0.356 e. The van der Waals surface area contributed by atoms with E-state index in [4.69, 9.17) is 15.3 Å². The molecule has 2 fully saturated rings. The van der Waals surface area contributed by atoms with E-state index >= 15 is 0 Å². The van der Waals surface area contributed by atoms with Crippen molar-refractivity contribution in [3.8, 4) is 6.57 Å². The Morgan fingerprint density at radius 3 is 2.55 bits per heavy atom. The van der Waals surface area contributed by atoms with Crippen molar-refractivity contribution in [1.82, 2.24) is 19.5 Å². The van der Waals surface area contributed by atoms with Gasteiger partial charge in [-0.15, -0.1) is 0 Å². The fourth-order valence-corrected chi connectivity index (χ4v) is 4.89. The van der Waals surface area contributed by atoms with E-state index in [-0.39, 0.29) is 17.8 Å². The number of amides is 1. The second-order valence-corrected chi connectivity index (χ2v) is 8.78. The lowest BCUT2D eigenvalue weighted by Crippen LogP contribution is -2.39. The van der Waals surface area contributed by atoms with Gasteiger partial charge in [0.1, 0.15) is 11.6 Å². The molecule has 2 aromatic heterocycles. The van der Waals surface area contributed by atoms with Crippen LogP contribution in [0.1, 0.15) is 65.3 Å². The summed E-state index contributed by atoms with van der Waals surface area (Å²) in [5.41, 5.74) is 3.99. The molecule has 0 radical (unpaired) electrons. The summed E-state index contributed by atoms with van der Waals surface area (Å²) in [6, 6.07) is 6.29. The van der Waals surface area contributed by atoms with Crippen LogP contribution in [-0.2, 0) is 0 Å². The summed E-state index contributed by atoms with van der Waals surface area (Å²) < 4.78 is 15.7. The van der Waals surface area contributed by atoms with Gasteiger partial charge in [0.25, 0.3) is 5.91 Å². The van der Waals surface area contributed by atoms with Crippen molar-refractivity contribution in [2.45, 2.75) is 52.0 Å². The normalized spacial score (nSPS) is 18.3. The molecule has 7 nitrogen and oxygen atoms in total. The number of hydrogen-bond acceptors (Lipinski definition) is 5. The van der Waals surface area contributed by atoms with Crippen molar-refractivity contribution in [2.24, 2.45) is 0 Å². The van der Waals surface area contributed by atoms with Crippen LogP contribution in [0.3, 0.4) is 0 Å². The Bertz CT molecular complexity index is 1180. The van der Waals surface area contributed by atoms with Gasteiger partial charge in [0, 0.05) is 49.6 Å². The lowest BCUT2D eigenvalue weighted by Gasteiger charge is -2.35. The number of likely N-dealkylation sites (tertiary alicyclic amines) is 1. The molecule has 2 saturated heterocycles. The average Bonchev–Trinajstić information content (AvgIpc) is 3.51. The maximum Gasteiger partial charge on any atom is 0.254 e. The Morgan fingerprint density at radius 1 is 1.06 bits per heavy atom. The molecule has 0 aliphatic carbocycles. The molecule has 33 heavy (non-hydrogen) atoms. The van der Waals surface area contributed by atoms with Gasteiger partial charge < -0.3 is 9.80 Å². The predicted octanol–water partition coefficient (Wildman–Crippen LogP) is 4.59.